The van der Waals surface area contributed by atoms with Crippen LogP contribution in [0.5, 0.6) is 0 Å². The van der Waals surface area contributed by atoms with E-state index in [2.05, 4.69) is 24.3 Å². The number of hydrogen-bond donors (Lipinski definition) is 0. The maximum Gasteiger partial charge on any atom is 0.289 e. The van der Waals surface area contributed by atoms with Crippen LogP contribution in [-0.2, 0) is 23.0 Å². The van der Waals surface area contributed by atoms with E-state index in [9.17, 15) is 9.00 Å². The molecule has 156 valence electrons. The summed E-state index contributed by atoms with van der Waals surface area (Å²) in [6.07, 6.45) is 3.04. The highest BCUT2D eigenvalue weighted by molar-refractivity contribution is 7.84. The Morgan fingerprint density at radius 3 is 2.53 bits per heavy atom. The molecule has 1 aliphatic heterocycles. The molecule has 1 atom stereocenters. The van der Waals surface area contributed by atoms with Crippen LogP contribution in [0, 0.1) is 5.92 Å². The molecule has 4 nitrogen and oxygen atoms in total. The third-order valence-electron chi connectivity index (χ3n) is 5.47. The van der Waals surface area contributed by atoms with Crippen molar-refractivity contribution in [3.63, 3.8) is 0 Å². The number of carbonyl (C=O) groups is 1. The molecule has 0 bridgehead atoms. The fourth-order valence-electron chi connectivity index (χ4n) is 3.84. The zero-order valence-corrected chi connectivity index (χ0v) is 18.2. The average molecular weight is 442 g/mol. The molecule has 6 heteroatoms. The van der Waals surface area contributed by atoms with E-state index in [1.807, 2.05) is 11.0 Å². The zero-order valence-electron chi connectivity index (χ0n) is 16.6. The van der Waals surface area contributed by atoms with Gasteiger partial charge in [0.25, 0.3) is 5.91 Å². The minimum atomic E-state index is -1.28. The van der Waals surface area contributed by atoms with Gasteiger partial charge in [0.1, 0.15) is 5.76 Å². The molecule has 1 saturated heterocycles. The number of furan rings is 1. The van der Waals surface area contributed by atoms with E-state index in [1.54, 1.807) is 36.4 Å². The summed E-state index contributed by atoms with van der Waals surface area (Å²) in [4.78, 5) is 15.3. The molecule has 4 rings (SSSR count). The summed E-state index contributed by atoms with van der Waals surface area (Å²) in [5.74, 6) is 1.58. The van der Waals surface area contributed by atoms with Crippen molar-refractivity contribution >= 4 is 28.3 Å². The summed E-state index contributed by atoms with van der Waals surface area (Å²) < 4.78 is 18.3. The van der Waals surface area contributed by atoms with Crippen molar-refractivity contribution < 1.29 is 13.4 Å². The minimum Gasteiger partial charge on any atom is -0.455 e. The summed E-state index contributed by atoms with van der Waals surface area (Å²) in [7, 11) is -1.28. The van der Waals surface area contributed by atoms with E-state index in [4.69, 9.17) is 16.0 Å². The number of carbonyl (C=O) groups excluding carboxylic acids is 1. The fraction of sp³-hybridized carbons (Fsp3) is 0.292. The topological polar surface area (TPSA) is 50.5 Å². The van der Waals surface area contributed by atoms with Gasteiger partial charge in [0.2, 0.25) is 0 Å². The molecule has 2 aromatic carbocycles. The molecule has 3 aromatic rings. The maximum atomic E-state index is 12.8. The Hall–Kier alpha value is -2.37. The number of amides is 1. The predicted octanol–water partition coefficient (Wildman–Crippen LogP) is 5.34. The smallest absolute Gasteiger partial charge is 0.289 e. The Morgan fingerprint density at radius 1 is 1.03 bits per heavy atom. The van der Waals surface area contributed by atoms with E-state index >= 15 is 0 Å². The summed E-state index contributed by atoms with van der Waals surface area (Å²) in [5, 5.41) is 0.548. The minimum absolute atomic E-state index is 0.0899. The number of benzene rings is 2. The molecular weight excluding hydrogens is 418 g/mol. The van der Waals surface area contributed by atoms with Crippen molar-refractivity contribution in [2.24, 2.45) is 5.92 Å². The second-order valence-corrected chi connectivity index (χ2v) is 9.53. The summed E-state index contributed by atoms with van der Waals surface area (Å²) in [6.45, 7) is 1.47. The van der Waals surface area contributed by atoms with Crippen molar-refractivity contribution in [3.8, 4) is 0 Å². The Labute approximate surface area is 184 Å². The fourth-order valence-corrected chi connectivity index (χ4v) is 5.16. The van der Waals surface area contributed by atoms with Crippen LogP contribution in [-0.4, -0.2) is 28.1 Å². The number of halogens is 1. The van der Waals surface area contributed by atoms with Gasteiger partial charge in [0.05, 0.1) is 16.6 Å². The van der Waals surface area contributed by atoms with E-state index in [1.165, 1.54) is 5.56 Å². The number of rotatable bonds is 6. The van der Waals surface area contributed by atoms with Crippen LogP contribution in [0.25, 0.3) is 0 Å². The molecular formula is C24H24ClNO3S. The molecule has 0 radical (unpaired) electrons. The number of piperidine rings is 1. The molecule has 1 fully saturated rings. The summed E-state index contributed by atoms with van der Waals surface area (Å²) >= 11 is 5.97. The maximum absolute atomic E-state index is 12.8. The molecule has 1 aliphatic rings. The second kappa shape index (κ2) is 9.63. The average Bonchev–Trinajstić information content (AvgIpc) is 3.23. The summed E-state index contributed by atoms with van der Waals surface area (Å²) in [5.41, 5.74) is 1.35. The Balaban J connectivity index is 1.31. The van der Waals surface area contributed by atoms with E-state index in [0.717, 1.165) is 32.4 Å². The van der Waals surface area contributed by atoms with Gasteiger partial charge in [0, 0.05) is 23.0 Å². The van der Waals surface area contributed by atoms with Gasteiger partial charge < -0.3 is 9.32 Å². The highest BCUT2D eigenvalue weighted by Crippen LogP contribution is 2.24. The molecule has 30 heavy (non-hydrogen) atoms. The molecule has 1 aromatic heterocycles. The highest BCUT2D eigenvalue weighted by atomic mass is 35.5. The number of nitrogens with zero attached hydrogens (tertiary/aromatic N) is 1. The van der Waals surface area contributed by atoms with Gasteiger partial charge in [-0.15, -0.1) is 0 Å². The van der Waals surface area contributed by atoms with Crippen molar-refractivity contribution in [2.75, 3.05) is 13.1 Å². The predicted molar refractivity (Wildman–Crippen MR) is 119 cm³/mol. The molecule has 0 saturated carbocycles. The van der Waals surface area contributed by atoms with Crippen LogP contribution in [0.3, 0.4) is 0 Å². The first kappa shape index (κ1) is 20.9. The Morgan fingerprint density at radius 2 is 1.80 bits per heavy atom. The van der Waals surface area contributed by atoms with Crippen LogP contribution in [0.1, 0.15) is 34.7 Å². The third-order valence-corrected chi connectivity index (χ3v) is 7.04. The number of likely N-dealkylation sites (tertiary alicyclic amines) is 1. The van der Waals surface area contributed by atoms with E-state index in [-0.39, 0.29) is 11.7 Å². The first-order chi connectivity index (χ1) is 14.6. The monoisotopic (exact) mass is 441 g/mol. The van der Waals surface area contributed by atoms with Gasteiger partial charge in [0.15, 0.2) is 5.76 Å². The lowest BCUT2D eigenvalue weighted by Crippen LogP contribution is -2.38. The quantitative estimate of drug-likeness (QED) is 0.519. The SMILES string of the molecule is O=C(c1ccc(C[S@@](=O)c2cccc(Cl)c2)o1)N1CCC(Cc2ccccc2)CC1. The van der Waals surface area contributed by atoms with Gasteiger partial charge in [-0.3, -0.25) is 9.00 Å². The zero-order chi connectivity index (χ0) is 20.9. The molecule has 1 amide bonds. The van der Waals surface area contributed by atoms with Crippen molar-refractivity contribution in [3.05, 3.63) is 88.8 Å². The molecule has 0 spiro atoms. The van der Waals surface area contributed by atoms with E-state index in [0.29, 0.717) is 27.4 Å². The first-order valence-electron chi connectivity index (χ1n) is 10.1. The van der Waals surface area contributed by atoms with E-state index < -0.39 is 10.8 Å². The lowest BCUT2D eigenvalue weighted by Gasteiger charge is -2.31. The van der Waals surface area contributed by atoms with Crippen LogP contribution in [0.4, 0.5) is 0 Å². The second-order valence-electron chi connectivity index (χ2n) is 7.64. The third kappa shape index (κ3) is 5.21. The van der Waals surface area contributed by atoms with Gasteiger partial charge in [-0.1, -0.05) is 48.0 Å². The molecule has 0 unspecified atom stereocenters. The standard InChI is InChI=1S/C24H24ClNO3S/c25-20-7-4-8-22(16-20)30(28)17-21-9-10-23(29-21)24(27)26-13-11-19(12-14-26)15-18-5-2-1-3-6-18/h1-10,16,19H,11-15,17H2/t30-/m1/s1. The van der Waals surface area contributed by atoms with Gasteiger partial charge in [-0.2, -0.15) is 0 Å². The van der Waals surface area contributed by atoms with Crippen LogP contribution < -0.4 is 0 Å². The van der Waals surface area contributed by atoms with Gasteiger partial charge in [-0.05, 0) is 61.1 Å². The summed E-state index contributed by atoms with van der Waals surface area (Å²) in [6, 6.07) is 20.9. The molecule has 2 heterocycles. The van der Waals surface area contributed by atoms with Crippen molar-refractivity contribution in [1.82, 2.24) is 4.90 Å². The van der Waals surface area contributed by atoms with Crippen LogP contribution >= 0.6 is 11.6 Å². The Bertz CT molecular complexity index is 1030. The van der Waals surface area contributed by atoms with Crippen LogP contribution in [0.2, 0.25) is 5.02 Å². The highest BCUT2D eigenvalue weighted by Gasteiger charge is 2.25. The first-order valence-corrected chi connectivity index (χ1v) is 11.8. The lowest BCUT2D eigenvalue weighted by molar-refractivity contribution is 0.0657. The van der Waals surface area contributed by atoms with Crippen molar-refractivity contribution in [1.29, 1.82) is 0 Å². The van der Waals surface area contributed by atoms with Crippen molar-refractivity contribution in [2.45, 2.75) is 29.9 Å². The van der Waals surface area contributed by atoms with Gasteiger partial charge >= 0.3 is 0 Å². The number of hydrogen-bond acceptors (Lipinski definition) is 3. The normalized spacial score (nSPS) is 15.8. The Kier molecular flexibility index (Phi) is 6.70. The van der Waals surface area contributed by atoms with Gasteiger partial charge in [-0.25, -0.2) is 0 Å². The molecule has 0 aliphatic carbocycles. The lowest BCUT2D eigenvalue weighted by atomic mass is 9.90. The van der Waals surface area contributed by atoms with Crippen LogP contribution in [0.15, 0.2) is 76.0 Å². The largest absolute Gasteiger partial charge is 0.455 e. The molecule has 0 N–H and O–H groups in total.